The molecule has 18 heavy (non-hydrogen) atoms. The van der Waals surface area contributed by atoms with Crippen LogP contribution in [0, 0.1) is 5.92 Å². The fourth-order valence-corrected chi connectivity index (χ4v) is 3.70. The molecule has 0 saturated carbocycles. The van der Waals surface area contributed by atoms with Crippen molar-refractivity contribution in [2.75, 3.05) is 26.2 Å². The zero-order valence-electron chi connectivity index (χ0n) is 12.7. The fourth-order valence-electron chi connectivity index (χ4n) is 3.70. The molecule has 0 spiro atoms. The van der Waals surface area contributed by atoms with Gasteiger partial charge in [-0.2, -0.15) is 0 Å². The first kappa shape index (κ1) is 14.3. The van der Waals surface area contributed by atoms with Gasteiger partial charge in [0.1, 0.15) is 0 Å². The molecule has 2 heterocycles. The lowest BCUT2D eigenvalue weighted by Crippen LogP contribution is -2.46. The van der Waals surface area contributed by atoms with Crippen molar-refractivity contribution in [2.45, 2.75) is 71.4 Å². The Kier molecular flexibility index (Phi) is 5.50. The zero-order chi connectivity index (χ0) is 13.0. The number of rotatable bonds is 4. The minimum absolute atomic E-state index is 0.779. The van der Waals surface area contributed by atoms with E-state index in [1.165, 1.54) is 64.7 Å². The highest BCUT2D eigenvalue weighted by molar-refractivity contribution is 4.85. The van der Waals surface area contributed by atoms with Crippen molar-refractivity contribution in [1.82, 2.24) is 9.80 Å². The summed E-state index contributed by atoms with van der Waals surface area (Å²) in [5.41, 5.74) is 0. The number of hydrogen-bond donors (Lipinski definition) is 0. The topological polar surface area (TPSA) is 6.48 Å². The Morgan fingerprint density at radius 1 is 1.06 bits per heavy atom. The monoisotopic (exact) mass is 252 g/mol. The Morgan fingerprint density at radius 3 is 2.61 bits per heavy atom. The molecule has 2 nitrogen and oxygen atoms in total. The van der Waals surface area contributed by atoms with Crippen LogP contribution in [0.4, 0.5) is 0 Å². The lowest BCUT2D eigenvalue weighted by molar-refractivity contribution is 0.116. The first-order valence-corrected chi connectivity index (χ1v) is 8.18. The minimum atomic E-state index is 0.779. The van der Waals surface area contributed by atoms with Crippen LogP contribution in [-0.2, 0) is 0 Å². The van der Waals surface area contributed by atoms with Gasteiger partial charge in [0.05, 0.1) is 0 Å². The number of piperidine rings is 1. The van der Waals surface area contributed by atoms with Crippen molar-refractivity contribution in [3.05, 3.63) is 0 Å². The van der Waals surface area contributed by atoms with Gasteiger partial charge in [-0.15, -0.1) is 0 Å². The summed E-state index contributed by atoms with van der Waals surface area (Å²) >= 11 is 0. The summed E-state index contributed by atoms with van der Waals surface area (Å²) in [5, 5.41) is 0. The maximum Gasteiger partial charge on any atom is 0.0223 e. The molecular weight excluding hydrogens is 220 g/mol. The fraction of sp³-hybridized carbons (Fsp3) is 1.00. The normalized spacial score (nSPS) is 30.5. The van der Waals surface area contributed by atoms with Crippen molar-refractivity contribution in [3.8, 4) is 0 Å². The third-order valence-electron chi connectivity index (χ3n) is 5.15. The van der Waals surface area contributed by atoms with Crippen LogP contribution in [0.1, 0.15) is 59.3 Å². The summed E-state index contributed by atoms with van der Waals surface area (Å²) in [4.78, 5) is 5.54. The summed E-state index contributed by atoms with van der Waals surface area (Å²) < 4.78 is 0. The van der Waals surface area contributed by atoms with Crippen LogP contribution in [0.15, 0.2) is 0 Å². The molecule has 0 amide bonds. The van der Waals surface area contributed by atoms with E-state index in [1.54, 1.807) is 0 Å². The largest absolute Gasteiger partial charge is 0.299 e. The van der Waals surface area contributed by atoms with E-state index < -0.39 is 0 Å². The van der Waals surface area contributed by atoms with Crippen LogP contribution >= 0.6 is 0 Å². The van der Waals surface area contributed by atoms with Gasteiger partial charge in [-0.05, 0) is 58.2 Å². The molecule has 0 radical (unpaired) electrons. The number of nitrogens with zero attached hydrogens (tertiary/aromatic N) is 2. The second kappa shape index (κ2) is 6.91. The first-order valence-electron chi connectivity index (χ1n) is 8.18. The van der Waals surface area contributed by atoms with Gasteiger partial charge in [-0.3, -0.25) is 9.80 Å². The molecule has 2 heteroatoms. The van der Waals surface area contributed by atoms with Gasteiger partial charge in [0.2, 0.25) is 0 Å². The Bertz CT molecular complexity index is 241. The maximum atomic E-state index is 2.78. The summed E-state index contributed by atoms with van der Waals surface area (Å²) in [6, 6.07) is 1.64. The predicted octanol–water partition coefficient (Wildman–Crippen LogP) is 3.37. The standard InChI is InChI=1S/C16H32N2/c1-4-14(2)12-15(3)18-11-7-10-17-9-6-5-8-16(17)13-18/h14-16H,4-13H2,1-3H3. The average Bonchev–Trinajstić information content (AvgIpc) is 2.60. The van der Waals surface area contributed by atoms with Crippen molar-refractivity contribution < 1.29 is 0 Å². The third kappa shape index (κ3) is 3.71. The second-order valence-corrected chi connectivity index (χ2v) is 6.63. The third-order valence-corrected chi connectivity index (χ3v) is 5.15. The Hall–Kier alpha value is -0.0800. The predicted molar refractivity (Wildman–Crippen MR) is 78.9 cm³/mol. The van der Waals surface area contributed by atoms with Gasteiger partial charge in [0.15, 0.2) is 0 Å². The highest BCUT2D eigenvalue weighted by Crippen LogP contribution is 2.23. The molecule has 2 aliphatic rings. The maximum absolute atomic E-state index is 2.78. The molecule has 0 aromatic carbocycles. The highest BCUT2D eigenvalue weighted by Gasteiger charge is 2.28. The highest BCUT2D eigenvalue weighted by atomic mass is 15.3. The van der Waals surface area contributed by atoms with Crippen LogP contribution in [0.2, 0.25) is 0 Å². The van der Waals surface area contributed by atoms with E-state index in [1.807, 2.05) is 0 Å². The van der Waals surface area contributed by atoms with Gasteiger partial charge in [0, 0.05) is 18.6 Å². The Morgan fingerprint density at radius 2 is 1.83 bits per heavy atom. The molecule has 106 valence electrons. The van der Waals surface area contributed by atoms with E-state index in [4.69, 9.17) is 0 Å². The summed E-state index contributed by atoms with van der Waals surface area (Å²) in [6.45, 7) is 12.5. The van der Waals surface area contributed by atoms with E-state index >= 15 is 0 Å². The van der Waals surface area contributed by atoms with Crippen LogP contribution in [0.3, 0.4) is 0 Å². The zero-order valence-corrected chi connectivity index (χ0v) is 12.7. The van der Waals surface area contributed by atoms with Crippen LogP contribution in [0.5, 0.6) is 0 Å². The van der Waals surface area contributed by atoms with Gasteiger partial charge in [-0.1, -0.05) is 26.7 Å². The molecule has 2 saturated heterocycles. The lowest BCUT2D eigenvalue weighted by atomic mass is 9.98. The molecule has 0 aromatic rings. The van der Waals surface area contributed by atoms with E-state index in [9.17, 15) is 0 Å². The molecule has 0 aromatic heterocycles. The van der Waals surface area contributed by atoms with Crippen molar-refractivity contribution in [1.29, 1.82) is 0 Å². The SMILES string of the molecule is CCC(C)CC(C)N1CCCN2CCCCC2C1. The summed E-state index contributed by atoms with van der Waals surface area (Å²) in [7, 11) is 0. The van der Waals surface area contributed by atoms with Gasteiger partial charge in [-0.25, -0.2) is 0 Å². The van der Waals surface area contributed by atoms with Crippen molar-refractivity contribution in [2.24, 2.45) is 5.92 Å². The molecule has 0 bridgehead atoms. The van der Waals surface area contributed by atoms with Gasteiger partial charge in [0.25, 0.3) is 0 Å². The second-order valence-electron chi connectivity index (χ2n) is 6.63. The number of fused-ring (bicyclic) bond motifs is 1. The lowest BCUT2D eigenvalue weighted by Gasteiger charge is -2.37. The van der Waals surface area contributed by atoms with Crippen LogP contribution < -0.4 is 0 Å². The molecule has 2 rings (SSSR count). The van der Waals surface area contributed by atoms with Crippen molar-refractivity contribution in [3.63, 3.8) is 0 Å². The minimum Gasteiger partial charge on any atom is -0.299 e. The van der Waals surface area contributed by atoms with Gasteiger partial charge >= 0.3 is 0 Å². The molecule has 3 unspecified atom stereocenters. The molecule has 0 N–H and O–H groups in total. The van der Waals surface area contributed by atoms with Crippen molar-refractivity contribution >= 4 is 0 Å². The quantitative estimate of drug-likeness (QED) is 0.757. The number of hydrogen-bond acceptors (Lipinski definition) is 2. The molecule has 2 aliphatic heterocycles. The molecule has 3 atom stereocenters. The average molecular weight is 252 g/mol. The summed E-state index contributed by atoms with van der Waals surface area (Å²) in [6.07, 6.45) is 8.40. The van der Waals surface area contributed by atoms with E-state index in [2.05, 4.69) is 30.6 Å². The van der Waals surface area contributed by atoms with Crippen LogP contribution in [0.25, 0.3) is 0 Å². The summed E-state index contributed by atoms with van der Waals surface area (Å²) in [5.74, 6) is 0.880. The molecule has 2 fully saturated rings. The Balaban J connectivity index is 1.88. The van der Waals surface area contributed by atoms with Gasteiger partial charge < -0.3 is 0 Å². The van der Waals surface area contributed by atoms with Crippen LogP contribution in [-0.4, -0.2) is 48.1 Å². The Labute approximate surface area is 114 Å². The molecular formula is C16H32N2. The van der Waals surface area contributed by atoms with E-state index in [0.717, 1.165) is 18.0 Å². The van der Waals surface area contributed by atoms with E-state index in [0.29, 0.717) is 0 Å². The first-order chi connectivity index (χ1) is 8.70. The van der Waals surface area contributed by atoms with E-state index in [-0.39, 0.29) is 0 Å². The molecule has 0 aliphatic carbocycles. The smallest absolute Gasteiger partial charge is 0.0223 e.